The molecule has 15 heavy (non-hydrogen) atoms. The molecular formula is C11H17N3S. The summed E-state index contributed by atoms with van der Waals surface area (Å²) in [7, 11) is 2.10. The molecule has 2 aliphatic rings. The molecule has 0 radical (unpaired) electrons. The topological polar surface area (TPSA) is 29.9 Å². The summed E-state index contributed by atoms with van der Waals surface area (Å²) in [5, 5.41) is 8.81. The van der Waals surface area contributed by atoms with Gasteiger partial charge in [0.25, 0.3) is 0 Å². The molecule has 3 nitrogen and oxygen atoms in total. The molecule has 1 aromatic heterocycles. The van der Waals surface area contributed by atoms with Gasteiger partial charge in [0.2, 0.25) is 0 Å². The van der Waals surface area contributed by atoms with E-state index >= 15 is 0 Å². The Morgan fingerprint density at radius 1 is 1.53 bits per heavy atom. The minimum Gasteiger partial charge on any atom is -0.312 e. The second-order valence-electron chi connectivity index (χ2n) is 4.36. The minimum atomic E-state index is 0.700. The summed E-state index contributed by atoms with van der Waals surface area (Å²) in [6.07, 6.45) is 3.79. The molecule has 0 aliphatic carbocycles. The maximum Gasteiger partial charge on any atom is 0.0685 e. The fraction of sp³-hybridized carbons (Fsp3) is 0.727. The highest BCUT2D eigenvalue weighted by Crippen LogP contribution is 2.41. The summed E-state index contributed by atoms with van der Waals surface area (Å²) in [6.45, 7) is 2.11. The Hall–Kier alpha value is -0.480. The zero-order chi connectivity index (χ0) is 10.3. The first-order chi connectivity index (χ1) is 7.36. The van der Waals surface area contributed by atoms with E-state index in [0.29, 0.717) is 5.25 Å². The average molecular weight is 223 g/mol. The summed E-state index contributed by atoms with van der Waals surface area (Å²) in [5.74, 6) is 1.32. The molecule has 1 aromatic rings. The zero-order valence-electron chi connectivity index (χ0n) is 9.12. The van der Waals surface area contributed by atoms with Crippen molar-refractivity contribution >= 4 is 11.8 Å². The molecule has 0 amide bonds. The van der Waals surface area contributed by atoms with Crippen LogP contribution in [0.1, 0.15) is 35.0 Å². The van der Waals surface area contributed by atoms with Gasteiger partial charge in [-0.1, -0.05) is 0 Å². The number of nitrogens with zero attached hydrogens (tertiary/aromatic N) is 2. The van der Waals surface area contributed by atoms with E-state index in [-0.39, 0.29) is 0 Å². The lowest BCUT2D eigenvalue weighted by atomic mass is 10.0. The summed E-state index contributed by atoms with van der Waals surface area (Å²) >= 11 is 2.10. The Labute approximate surface area is 94.6 Å². The molecule has 1 saturated heterocycles. The third-order valence-electron chi connectivity index (χ3n) is 3.35. The van der Waals surface area contributed by atoms with Crippen molar-refractivity contribution in [3.05, 3.63) is 17.0 Å². The van der Waals surface area contributed by atoms with Crippen LogP contribution in [0.15, 0.2) is 0 Å². The first kappa shape index (κ1) is 9.73. The Morgan fingerprint density at radius 3 is 3.27 bits per heavy atom. The summed E-state index contributed by atoms with van der Waals surface area (Å²) in [6, 6.07) is 0. The molecule has 1 fully saturated rings. The Kier molecular flexibility index (Phi) is 2.48. The minimum absolute atomic E-state index is 0.700. The van der Waals surface area contributed by atoms with Gasteiger partial charge in [0, 0.05) is 37.4 Å². The van der Waals surface area contributed by atoms with Gasteiger partial charge in [-0.15, -0.1) is 0 Å². The van der Waals surface area contributed by atoms with Crippen LogP contribution in [-0.2, 0) is 20.0 Å². The fourth-order valence-electron chi connectivity index (χ4n) is 2.65. The Balaban J connectivity index is 2.01. The lowest BCUT2D eigenvalue weighted by Gasteiger charge is -2.16. The second-order valence-corrected chi connectivity index (χ2v) is 5.67. The van der Waals surface area contributed by atoms with E-state index in [1.165, 1.54) is 35.5 Å². The van der Waals surface area contributed by atoms with Gasteiger partial charge in [0.1, 0.15) is 0 Å². The highest BCUT2D eigenvalue weighted by atomic mass is 32.2. The van der Waals surface area contributed by atoms with Crippen molar-refractivity contribution in [2.24, 2.45) is 7.05 Å². The van der Waals surface area contributed by atoms with Crippen LogP contribution < -0.4 is 5.32 Å². The van der Waals surface area contributed by atoms with E-state index in [2.05, 4.69) is 33.9 Å². The highest BCUT2D eigenvalue weighted by molar-refractivity contribution is 7.99. The predicted molar refractivity (Wildman–Crippen MR) is 63.1 cm³/mol. The summed E-state index contributed by atoms with van der Waals surface area (Å²) in [4.78, 5) is 0. The van der Waals surface area contributed by atoms with Crippen LogP contribution in [0.25, 0.3) is 0 Å². The average Bonchev–Trinajstić information content (AvgIpc) is 2.82. The van der Waals surface area contributed by atoms with Crippen molar-refractivity contribution in [2.75, 3.05) is 12.3 Å². The number of nitrogens with one attached hydrogen (secondary N) is 1. The number of hydrogen-bond acceptors (Lipinski definition) is 3. The van der Waals surface area contributed by atoms with Crippen LogP contribution in [0.3, 0.4) is 0 Å². The molecule has 3 rings (SSSR count). The Morgan fingerprint density at radius 2 is 2.47 bits per heavy atom. The molecule has 2 aliphatic heterocycles. The van der Waals surface area contributed by atoms with E-state index in [4.69, 9.17) is 0 Å². The molecule has 0 spiro atoms. The monoisotopic (exact) mass is 223 g/mol. The van der Waals surface area contributed by atoms with Gasteiger partial charge < -0.3 is 5.32 Å². The number of aromatic nitrogens is 2. The lowest BCUT2D eigenvalue weighted by Crippen LogP contribution is -2.23. The SMILES string of the molecule is Cn1nc2c(c1C1CCCS1)CNCC2. The highest BCUT2D eigenvalue weighted by Gasteiger charge is 2.27. The number of fused-ring (bicyclic) bond motifs is 1. The maximum absolute atomic E-state index is 4.66. The van der Waals surface area contributed by atoms with Crippen molar-refractivity contribution in [3.63, 3.8) is 0 Å². The number of rotatable bonds is 1. The van der Waals surface area contributed by atoms with Crippen LogP contribution in [0.4, 0.5) is 0 Å². The first-order valence-electron chi connectivity index (χ1n) is 5.73. The molecule has 1 N–H and O–H groups in total. The van der Waals surface area contributed by atoms with E-state index in [1.807, 2.05) is 0 Å². The fourth-order valence-corrected chi connectivity index (χ4v) is 4.05. The second kappa shape index (κ2) is 3.83. The van der Waals surface area contributed by atoms with E-state index < -0.39 is 0 Å². The number of thioether (sulfide) groups is 1. The third kappa shape index (κ3) is 1.60. The van der Waals surface area contributed by atoms with Crippen LogP contribution in [0.5, 0.6) is 0 Å². The normalized spacial score (nSPS) is 25.5. The molecule has 0 aromatic carbocycles. The molecule has 1 unspecified atom stereocenters. The Bertz CT molecular complexity index is 366. The largest absolute Gasteiger partial charge is 0.312 e. The van der Waals surface area contributed by atoms with E-state index in [9.17, 15) is 0 Å². The summed E-state index contributed by atoms with van der Waals surface area (Å²) < 4.78 is 2.13. The molecule has 0 saturated carbocycles. The molecule has 82 valence electrons. The van der Waals surface area contributed by atoms with Crippen LogP contribution >= 0.6 is 11.8 Å². The number of hydrogen-bond donors (Lipinski definition) is 1. The molecule has 1 atom stereocenters. The van der Waals surface area contributed by atoms with Crippen LogP contribution in [-0.4, -0.2) is 22.1 Å². The van der Waals surface area contributed by atoms with Crippen LogP contribution in [0, 0.1) is 0 Å². The molecule has 4 heteroatoms. The van der Waals surface area contributed by atoms with E-state index in [0.717, 1.165) is 19.5 Å². The van der Waals surface area contributed by atoms with Gasteiger partial charge in [0.15, 0.2) is 0 Å². The molecular weight excluding hydrogens is 206 g/mol. The smallest absolute Gasteiger partial charge is 0.0685 e. The van der Waals surface area contributed by atoms with Crippen molar-refractivity contribution < 1.29 is 0 Å². The standard InChI is InChI=1S/C11H17N3S/c1-14-11(10-3-2-6-15-10)8-7-12-5-4-9(8)13-14/h10,12H,2-7H2,1H3. The first-order valence-corrected chi connectivity index (χ1v) is 6.78. The van der Waals surface area contributed by atoms with Crippen molar-refractivity contribution in [1.29, 1.82) is 0 Å². The molecule has 3 heterocycles. The van der Waals surface area contributed by atoms with Crippen molar-refractivity contribution in [3.8, 4) is 0 Å². The molecule has 0 bridgehead atoms. The third-order valence-corrected chi connectivity index (χ3v) is 4.74. The quantitative estimate of drug-likeness (QED) is 0.785. The van der Waals surface area contributed by atoms with Gasteiger partial charge in [0.05, 0.1) is 11.4 Å². The van der Waals surface area contributed by atoms with Gasteiger partial charge in [-0.25, -0.2) is 0 Å². The maximum atomic E-state index is 4.66. The van der Waals surface area contributed by atoms with Gasteiger partial charge in [-0.05, 0) is 18.6 Å². The van der Waals surface area contributed by atoms with Gasteiger partial charge in [-0.3, -0.25) is 4.68 Å². The van der Waals surface area contributed by atoms with E-state index in [1.54, 1.807) is 0 Å². The van der Waals surface area contributed by atoms with Crippen LogP contribution in [0.2, 0.25) is 0 Å². The van der Waals surface area contributed by atoms with Crippen molar-refractivity contribution in [1.82, 2.24) is 15.1 Å². The van der Waals surface area contributed by atoms with Gasteiger partial charge in [-0.2, -0.15) is 16.9 Å². The predicted octanol–water partition coefficient (Wildman–Crippen LogP) is 1.63. The lowest BCUT2D eigenvalue weighted by molar-refractivity contribution is 0.631. The summed E-state index contributed by atoms with van der Waals surface area (Å²) in [5.41, 5.74) is 4.31. The number of aryl methyl sites for hydroxylation is 1. The van der Waals surface area contributed by atoms with Crippen molar-refractivity contribution in [2.45, 2.75) is 31.1 Å². The zero-order valence-corrected chi connectivity index (χ0v) is 9.94. The van der Waals surface area contributed by atoms with Gasteiger partial charge >= 0.3 is 0 Å².